The van der Waals surface area contributed by atoms with Gasteiger partial charge >= 0.3 is 6.09 Å². The van der Waals surface area contributed by atoms with Crippen molar-refractivity contribution in [3.63, 3.8) is 0 Å². The quantitative estimate of drug-likeness (QED) is 0.0677. The van der Waals surface area contributed by atoms with E-state index in [1.807, 2.05) is 48.5 Å². The molecule has 11 heteroatoms. The van der Waals surface area contributed by atoms with Crippen molar-refractivity contribution in [1.29, 1.82) is 0 Å². The number of hydrogen-bond donors (Lipinski definition) is 5. The number of unbranched alkanes of at least 4 members (excludes halogenated alkanes) is 6. The van der Waals surface area contributed by atoms with Crippen LogP contribution >= 0.6 is 11.6 Å². The van der Waals surface area contributed by atoms with Crippen LogP contribution in [0.4, 0.5) is 4.79 Å². The van der Waals surface area contributed by atoms with Crippen molar-refractivity contribution < 1.29 is 24.5 Å². The fourth-order valence-electron chi connectivity index (χ4n) is 7.50. The number of ether oxygens (including phenoxy) is 2. The lowest BCUT2D eigenvalue weighted by Crippen LogP contribution is -2.52. The van der Waals surface area contributed by atoms with Crippen molar-refractivity contribution in [2.45, 2.75) is 76.0 Å². The molecule has 0 aliphatic carbocycles. The number of carbonyl (C=O) groups is 1. The Hall–Kier alpha value is -4.09. The number of pyridine rings is 1. The van der Waals surface area contributed by atoms with Crippen LogP contribution in [0.3, 0.4) is 0 Å². The zero-order chi connectivity index (χ0) is 36.3. The molecule has 0 saturated carbocycles. The summed E-state index contributed by atoms with van der Waals surface area (Å²) in [5.74, 6) is 1.02. The molecule has 1 amide bonds. The lowest BCUT2D eigenvalue weighted by atomic mass is 9.86. The molecule has 1 aromatic heterocycles. The predicted octanol–water partition coefficient (Wildman–Crippen LogP) is 7.23. The van der Waals surface area contributed by atoms with Crippen molar-refractivity contribution in [2.75, 3.05) is 39.3 Å². The maximum atomic E-state index is 13.2. The number of hydrogen-bond acceptors (Lipinski definition) is 8. The van der Waals surface area contributed by atoms with Gasteiger partial charge in [0.1, 0.15) is 17.6 Å². The fraction of sp³-hybridized carbons (Fsp3) is 0.463. The van der Waals surface area contributed by atoms with Crippen molar-refractivity contribution in [3.05, 3.63) is 105 Å². The zero-order valence-electron chi connectivity index (χ0n) is 29.7. The minimum absolute atomic E-state index is 0.0141. The van der Waals surface area contributed by atoms with Crippen LogP contribution in [0.5, 0.6) is 11.5 Å². The van der Waals surface area contributed by atoms with E-state index in [0.29, 0.717) is 46.3 Å². The lowest BCUT2D eigenvalue weighted by molar-refractivity contribution is -0.0336. The number of phenols is 1. The molecular formula is C41H51ClN4O6. The second-order valence-corrected chi connectivity index (χ2v) is 14.4. The van der Waals surface area contributed by atoms with E-state index in [2.05, 4.69) is 20.5 Å². The highest BCUT2D eigenvalue weighted by Crippen LogP contribution is 2.36. The van der Waals surface area contributed by atoms with Crippen LogP contribution < -0.4 is 20.9 Å². The molecule has 0 spiro atoms. The molecule has 3 saturated heterocycles. The van der Waals surface area contributed by atoms with Crippen molar-refractivity contribution >= 4 is 28.6 Å². The average molecular weight is 731 g/mol. The first-order valence-electron chi connectivity index (χ1n) is 18.8. The largest absolute Gasteiger partial charge is 0.506 e. The first-order chi connectivity index (χ1) is 25.4. The molecule has 1 unspecified atom stereocenters. The summed E-state index contributed by atoms with van der Waals surface area (Å²) in [6.07, 6.45) is 8.42. The van der Waals surface area contributed by atoms with Crippen LogP contribution in [-0.4, -0.2) is 71.6 Å². The molecule has 7 rings (SSSR count). The average Bonchev–Trinajstić information content (AvgIpc) is 3.16. The van der Waals surface area contributed by atoms with Gasteiger partial charge in [-0.05, 0) is 80.6 Å². The van der Waals surface area contributed by atoms with Gasteiger partial charge in [-0.3, -0.25) is 9.69 Å². The van der Waals surface area contributed by atoms with E-state index < -0.39 is 18.2 Å². The summed E-state index contributed by atoms with van der Waals surface area (Å²) in [6, 6.07) is 21.3. The summed E-state index contributed by atoms with van der Waals surface area (Å²) in [5, 5.41) is 28.4. The minimum Gasteiger partial charge on any atom is -0.506 e. The number of benzene rings is 3. The smallest absolute Gasteiger partial charge is 0.408 e. The number of phenolic OH excluding ortho intramolecular Hbond substituents is 1. The highest BCUT2D eigenvalue weighted by molar-refractivity contribution is 6.33. The van der Waals surface area contributed by atoms with Gasteiger partial charge in [0.25, 0.3) is 0 Å². The van der Waals surface area contributed by atoms with E-state index in [9.17, 15) is 19.8 Å². The summed E-state index contributed by atoms with van der Waals surface area (Å²) in [6.45, 7) is 4.73. The van der Waals surface area contributed by atoms with Gasteiger partial charge in [-0.15, -0.1) is 0 Å². The number of alkyl carbamates (subject to hydrolysis) is 1. The number of nitrogens with zero attached hydrogens (tertiary/aromatic N) is 1. The summed E-state index contributed by atoms with van der Waals surface area (Å²) < 4.78 is 12.1. The number of halogens is 1. The number of piperidine rings is 3. The lowest BCUT2D eigenvalue weighted by Gasteiger charge is -2.43. The summed E-state index contributed by atoms with van der Waals surface area (Å²) >= 11 is 6.93. The van der Waals surface area contributed by atoms with Crippen LogP contribution in [0.15, 0.2) is 77.6 Å². The molecule has 3 aliphatic rings. The Morgan fingerprint density at radius 1 is 0.904 bits per heavy atom. The molecule has 3 atom stereocenters. The van der Waals surface area contributed by atoms with Crippen LogP contribution in [-0.2, 0) is 4.74 Å². The number of nitrogens with one attached hydrogen (secondary N) is 3. The SMILES string of the molecule is O=C(NC(c1ccccc1)c1cccc(OCCCCCCCCCNC[C@@H](O)c2ccc(O)c3[nH]c(=O)ccc23)c1Cl)O[C@H]1CN2CCC1CC2. The molecule has 52 heavy (non-hydrogen) atoms. The third-order valence-electron chi connectivity index (χ3n) is 10.4. The predicted molar refractivity (Wildman–Crippen MR) is 204 cm³/mol. The van der Waals surface area contributed by atoms with E-state index in [-0.39, 0.29) is 17.4 Å². The van der Waals surface area contributed by atoms with E-state index in [1.54, 1.807) is 12.1 Å². The van der Waals surface area contributed by atoms with E-state index >= 15 is 0 Å². The van der Waals surface area contributed by atoms with Gasteiger partial charge in [-0.2, -0.15) is 0 Å². The Morgan fingerprint density at radius 2 is 1.65 bits per heavy atom. The van der Waals surface area contributed by atoms with Gasteiger partial charge in [0.05, 0.1) is 29.3 Å². The van der Waals surface area contributed by atoms with Crippen LogP contribution in [0.25, 0.3) is 10.9 Å². The molecule has 3 aromatic carbocycles. The van der Waals surface area contributed by atoms with Crippen LogP contribution in [0.1, 0.15) is 86.6 Å². The number of carbonyl (C=O) groups excluding carboxylic acids is 1. The van der Waals surface area contributed by atoms with Gasteiger partial charge in [-0.25, -0.2) is 4.79 Å². The van der Waals surface area contributed by atoms with Crippen LogP contribution in [0, 0.1) is 5.92 Å². The molecule has 10 nitrogen and oxygen atoms in total. The monoisotopic (exact) mass is 730 g/mol. The van der Waals surface area contributed by atoms with Crippen molar-refractivity contribution in [2.24, 2.45) is 5.92 Å². The Labute approximate surface area is 310 Å². The highest BCUT2D eigenvalue weighted by Gasteiger charge is 2.37. The van der Waals surface area contributed by atoms with Crippen molar-refractivity contribution in [3.8, 4) is 11.5 Å². The number of aliphatic hydroxyl groups excluding tert-OH is 1. The Balaban J connectivity index is 0.881. The maximum Gasteiger partial charge on any atom is 0.408 e. The summed E-state index contributed by atoms with van der Waals surface area (Å²) in [4.78, 5) is 29.9. The first kappa shape index (κ1) is 37.7. The number of rotatable bonds is 18. The molecule has 4 aromatic rings. The number of aromatic amines is 1. The second-order valence-electron chi connectivity index (χ2n) is 14.1. The third-order valence-corrected chi connectivity index (χ3v) is 10.8. The number of amides is 1. The van der Waals surface area contributed by atoms with E-state index in [1.165, 1.54) is 12.1 Å². The summed E-state index contributed by atoms with van der Waals surface area (Å²) in [7, 11) is 0. The molecule has 5 N–H and O–H groups in total. The van der Waals surface area contributed by atoms with Gasteiger partial charge < -0.3 is 35.3 Å². The Kier molecular flexibility index (Phi) is 13.5. The van der Waals surface area contributed by atoms with Gasteiger partial charge in [0.2, 0.25) is 5.56 Å². The molecule has 2 bridgehead atoms. The fourth-order valence-corrected chi connectivity index (χ4v) is 7.79. The highest BCUT2D eigenvalue weighted by atomic mass is 35.5. The first-order valence-corrected chi connectivity index (χ1v) is 19.1. The number of H-pyrrole nitrogens is 1. The van der Waals surface area contributed by atoms with Crippen molar-refractivity contribution in [1.82, 2.24) is 20.5 Å². The second kappa shape index (κ2) is 18.6. The molecule has 4 heterocycles. The molecule has 278 valence electrons. The maximum absolute atomic E-state index is 13.2. The standard InChI is InChI=1S/C41H51ClN4O6/c42-38-32(39(29-12-7-6-8-13-29)45-41(50)52-36-27-46-23-20-28(36)21-24-46)14-11-15-35(38)51-25-10-5-3-1-2-4-9-22-43-26-34(48)30-16-18-33(47)40-31(30)17-19-37(49)44-40/h6-8,11-19,28,34,36,39,43,47-48H,1-5,9-10,20-27H2,(H,44,49)(H,45,50)/t34-,36+,39?/m1/s1. The third kappa shape index (κ3) is 9.86. The van der Waals surface area contributed by atoms with E-state index in [4.69, 9.17) is 21.1 Å². The number of aromatic nitrogens is 1. The van der Waals surface area contributed by atoms with Gasteiger partial charge in [0, 0.05) is 30.1 Å². The topological polar surface area (TPSA) is 136 Å². The van der Waals surface area contributed by atoms with Gasteiger partial charge in [0.15, 0.2) is 0 Å². The normalized spacial score (nSPS) is 19.3. The zero-order valence-corrected chi connectivity index (χ0v) is 30.5. The molecular weight excluding hydrogens is 680 g/mol. The molecule has 3 aliphatic heterocycles. The minimum atomic E-state index is -0.751. The number of aliphatic hydroxyl groups is 1. The summed E-state index contributed by atoms with van der Waals surface area (Å²) in [5.41, 5.74) is 2.40. The van der Waals surface area contributed by atoms with Crippen LogP contribution in [0.2, 0.25) is 5.02 Å². The number of aromatic hydroxyl groups is 1. The van der Waals surface area contributed by atoms with Gasteiger partial charge in [-0.1, -0.05) is 92.2 Å². The Bertz CT molecular complexity index is 1810. The Morgan fingerprint density at radius 3 is 2.40 bits per heavy atom. The molecule has 0 radical (unpaired) electrons. The number of fused-ring (bicyclic) bond motifs is 4. The molecule has 3 fully saturated rings. The van der Waals surface area contributed by atoms with E-state index in [0.717, 1.165) is 95.1 Å².